The Hall–Kier alpha value is -0.650. The van der Waals surface area contributed by atoms with Crippen molar-refractivity contribution >= 4 is 5.97 Å². The van der Waals surface area contributed by atoms with E-state index in [0.29, 0.717) is 19.6 Å². The number of carbonyl (C=O) groups excluding carboxylic acids is 1. The van der Waals surface area contributed by atoms with Crippen LogP contribution >= 0.6 is 0 Å². The van der Waals surface area contributed by atoms with Crippen LogP contribution in [-0.4, -0.2) is 49.1 Å². The van der Waals surface area contributed by atoms with E-state index < -0.39 is 6.10 Å². The molecule has 5 nitrogen and oxygen atoms in total. The SMILES string of the molecule is O=C(OCC1CCCCO1)[C@H]1C[C@@H](O)CN1. The Morgan fingerprint density at radius 1 is 1.50 bits per heavy atom. The summed E-state index contributed by atoms with van der Waals surface area (Å²) < 4.78 is 10.6. The quantitative estimate of drug-likeness (QED) is 0.657. The van der Waals surface area contributed by atoms with Gasteiger partial charge in [0.2, 0.25) is 0 Å². The number of nitrogens with one attached hydrogen (secondary N) is 1. The number of carbonyl (C=O) groups is 1. The number of aliphatic hydroxyl groups is 1. The Morgan fingerprint density at radius 2 is 2.38 bits per heavy atom. The third-order valence-electron chi connectivity index (χ3n) is 3.08. The second kappa shape index (κ2) is 5.61. The molecule has 16 heavy (non-hydrogen) atoms. The van der Waals surface area contributed by atoms with Gasteiger partial charge in [-0.25, -0.2) is 0 Å². The van der Waals surface area contributed by atoms with E-state index in [0.717, 1.165) is 25.9 Å². The van der Waals surface area contributed by atoms with Crippen molar-refractivity contribution in [2.75, 3.05) is 19.8 Å². The molecule has 2 saturated heterocycles. The van der Waals surface area contributed by atoms with Gasteiger partial charge in [0, 0.05) is 19.6 Å². The molecule has 2 aliphatic heterocycles. The van der Waals surface area contributed by atoms with Gasteiger partial charge in [-0.15, -0.1) is 0 Å². The first-order valence-electron chi connectivity index (χ1n) is 5.95. The van der Waals surface area contributed by atoms with Gasteiger partial charge >= 0.3 is 5.97 Å². The van der Waals surface area contributed by atoms with Crippen molar-refractivity contribution < 1.29 is 19.4 Å². The highest BCUT2D eigenvalue weighted by Gasteiger charge is 2.29. The minimum atomic E-state index is -0.427. The van der Waals surface area contributed by atoms with Crippen LogP contribution in [0.3, 0.4) is 0 Å². The molecule has 2 heterocycles. The van der Waals surface area contributed by atoms with Gasteiger partial charge in [-0.3, -0.25) is 4.79 Å². The molecular formula is C11H19NO4. The van der Waals surface area contributed by atoms with Gasteiger partial charge in [-0.2, -0.15) is 0 Å². The topological polar surface area (TPSA) is 67.8 Å². The molecule has 0 aromatic carbocycles. The fourth-order valence-corrected chi connectivity index (χ4v) is 2.11. The summed E-state index contributed by atoms with van der Waals surface area (Å²) in [4.78, 5) is 11.6. The minimum absolute atomic E-state index is 0.0593. The largest absolute Gasteiger partial charge is 0.462 e. The molecule has 2 N–H and O–H groups in total. The summed E-state index contributed by atoms with van der Waals surface area (Å²) in [6, 6.07) is -0.349. The molecule has 0 bridgehead atoms. The summed E-state index contributed by atoms with van der Waals surface area (Å²) in [5.74, 6) is -0.272. The predicted molar refractivity (Wildman–Crippen MR) is 57.0 cm³/mol. The lowest BCUT2D eigenvalue weighted by Crippen LogP contribution is -2.35. The lowest BCUT2D eigenvalue weighted by molar-refractivity contribution is -0.151. The van der Waals surface area contributed by atoms with E-state index in [-0.39, 0.29) is 18.1 Å². The number of hydrogen-bond donors (Lipinski definition) is 2. The highest BCUT2D eigenvalue weighted by molar-refractivity contribution is 5.76. The average molecular weight is 229 g/mol. The highest BCUT2D eigenvalue weighted by atomic mass is 16.6. The lowest BCUT2D eigenvalue weighted by Gasteiger charge is -2.22. The smallest absolute Gasteiger partial charge is 0.323 e. The number of ether oxygens (including phenoxy) is 2. The molecule has 5 heteroatoms. The van der Waals surface area contributed by atoms with Crippen LogP contribution in [0.25, 0.3) is 0 Å². The fourth-order valence-electron chi connectivity index (χ4n) is 2.11. The first-order valence-corrected chi connectivity index (χ1v) is 5.95. The average Bonchev–Trinajstić information content (AvgIpc) is 2.74. The molecule has 2 aliphatic rings. The standard InChI is InChI=1S/C11H19NO4/c13-8-5-10(12-6-8)11(14)16-7-9-3-1-2-4-15-9/h8-10,12-13H,1-7H2/t8-,9?,10-/m1/s1. The van der Waals surface area contributed by atoms with E-state index in [2.05, 4.69) is 5.32 Å². The molecule has 0 aromatic heterocycles. The Balaban J connectivity index is 1.67. The zero-order valence-corrected chi connectivity index (χ0v) is 9.35. The van der Waals surface area contributed by atoms with Crippen LogP contribution in [0.15, 0.2) is 0 Å². The van der Waals surface area contributed by atoms with Crippen LogP contribution in [0.4, 0.5) is 0 Å². The Labute approximate surface area is 95.1 Å². The molecule has 0 saturated carbocycles. The summed E-state index contributed by atoms with van der Waals surface area (Å²) in [5, 5.41) is 12.2. The van der Waals surface area contributed by atoms with E-state index >= 15 is 0 Å². The third-order valence-corrected chi connectivity index (χ3v) is 3.08. The second-order valence-corrected chi connectivity index (χ2v) is 4.47. The van der Waals surface area contributed by atoms with E-state index in [4.69, 9.17) is 9.47 Å². The number of aliphatic hydroxyl groups excluding tert-OH is 1. The summed E-state index contributed by atoms with van der Waals surface area (Å²) >= 11 is 0. The molecule has 0 spiro atoms. The van der Waals surface area contributed by atoms with Gasteiger partial charge in [0.1, 0.15) is 12.6 Å². The van der Waals surface area contributed by atoms with Gasteiger partial charge in [0.15, 0.2) is 0 Å². The first kappa shape index (κ1) is 11.8. The number of β-amino-alcohol motifs (C(OH)–C–C–N with tert-alkyl or cyclic N) is 1. The van der Waals surface area contributed by atoms with Gasteiger partial charge in [-0.1, -0.05) is 0 Å². The van der Waals surface area contributed by atoms with Crippen LogP contribution in [0.5, 0.6) is 0 Å². The van der Waals surface area contributed by atoms with Crippen molar-refractivity contribution in [3.63, 3.8) is 0 Å². The Kier molecular flexibility index (Phi) is 4.15. The minimum Gasteiger partial charge on any atom is -0.462 e. The molecule has 92 valence electrons. The van der Waals surface area contributed by atoms with Gasteiger partial charge in [-0.05, 0) is 19.3 Å². The van der Waals surface area contributed by atoms with Crippen molar-refractivity contribution in [2.24, 2.45) is 0 Å². The first-order chi connectivity index (χ1) is 7.75. The molecule has 1 unspecified atom stereocenters. The zero-order chi connectivity index (χ0) is 11.4. The molecule has 2 fully saturated rings. The van der Waals surface area contributed by atoms with E-state index in [1.54, 1.807) is 0 Å². The summed E-state index contributed by atoms with van der Waals surface area (Å²) in [5.41, 5.74) is 0. The summed E-state index contributed by atoms with van der Waals surface area (Å²) in [7, 11) is 0. The van der Waals surface area contributed by atoms with Gasteiger partial charge in [0.05, 0.1) is 12.2 Å². The van der Waals surface area contributed by atoms with Crippen LogP contribution in [0.2, 0.25) is 0 Å². The number of rotatable bonds is 3. The second-order valence-electron chi connectivity index (χ2n) is 4.47. The third kappa shape index (κ3) is 3.17. The molecule has 0 aliphatic carbocycles. The molecule has 3 atom stereocenters. The molecule has 0 radical (unpaired) electrons. The Bertz CT molecular complexity index is 240. The normalized spacial score (nSPS) is 34.9. The summed E-state index contributed by atoms with van der Waals surface area (Å²) in [6.07, 6.45) is 3.29. The van der Waals surface area contributed by atoms with Crippen LogP contribution in [0, 0.1) is 0 Å². The lowest BCUT2D eigenvalue weighted by atomic mass is 10.1. The van der Waals surface area contributed by atoms with Crippen molar-refractivity contribution in [3.05, 3.63) is 0 Å². The predicted octanol–water partition coefficient (Wildman–Crippen LogP) is -0.179. The fraction of sp³-hybridized carbons (Fsp3) is 0.909. The van der Waals surface area contributed by atoms with Crippen molar-refractivity contribution in [3.8, 4) is 0 Å². The van der Waals surface area contributed by atoms with E-state index in [1.165, 1.54) is 0 Å². The van der Waals surface area contributed by atoms with Crippen LogP contribution in [0.1, 0.15) is 25.7 Å². The molecule has 2 rings (SSSR count). The van der Waals surface area contributed by atoms with Crippen molar-refractivity contribution in [1.82, 2.24) is 5.32 Å². The van der Waals surface area contributed by atoms with Gasteiger partial charge in [0.25, 0.3) is 0 Å². The van der Waals surface area contributed by atoms with Crippen LogP contribution in [-0.2, 0) is 14.3 Å². The zero-order valence-electron chi connectivity index (χ0n) is 9.35. The number of esters is 1. The highest BCUT2D eigenvalue weighted by Crippen LogP contribution is 2.14. The maximum absolute atomic E-state index is 11.6. The van der Waals surface area contributed by atoms with Crippen molar-refractivity contribution in [2.45, 2.75) is 43.9 Å². The van der Waals surface area contributed by atoms with Gasteiger partial charge < -0.3 is 19.9 Å². The maximum Gasteiger partial charge on any atom is 0.323 e. The monoisotopic (exact) mass is 229 g/mol. The summed E-state index contributed by atoms with van der Waals surface area (Å²) in [6.45, 7) is 1.58. The van der Waals surface area contributed by atoms with E-state index in [1.807, 2.05) is 0 Å². The molecule has 0 amide bonds. The van der Waals surface area contributed by atoms with Crippen molar-refractivity contribution in [1.29, 1.82) is 0 Å². The maximum atomic E-state index is 11.6. The van der Waals surface area contributed by atoms with E-state index in [9.17, 15) is 9.90 Å². The number of hydrogen-bond acceptors (Lipinski definition) is 5. The van der Waals surface area contributed by atoms with Crippen LogP contribution < -0.4 is 5.32 Å². The molecule has 0 aromatic rings. The molecular weight excluding hydrogens is 210 g/mol. The Morgan fingerprint density at radius 3 is 3.00 bits per heavy atom.